The molecule has 1 aromatic carbocycles. The highest BCUT2D eigenvalue weighted by atomic mass is 16.3. The fourth-order valence-corrected chi connectivity index (χ4v) is 2.34. The number of aryl methyl sites for hydroxylation is 1. The second kappa shape index (κ2) is 4.11. The predicted molar refractivity (Wildman–Crippen MR) is 68.8 cm³/mol. The Labute approximate surface area is 101 Å². The third kappa shape index (κ3) is 2.18. The van der Waals surface area contributed by atoms with E-state index in [2.05, 4.69) is 18.0 Å². The minimum absolute atomic E-state index is 0.397. The number of hydrogen-bond donors (Lipinski definition) is 1. The van der Waals surface area contributed by atoms with E-state index in [4.69, 9.17) is 0 Å². The molecule has 0 bridgehead atoms. The normalized spacial score (nSPS) is 17.3. The van der Waals surface area contributed by atoms with Gasteiger partial charge < -0.3 is 5.11 Å². The number of aliphatic hydroxyl groups is 1. The van der Waals surface area contributed by atoms with Gasteiger partial charge in [-0.25, -0.2) is 0 Å². The Kier molecular flexibility index (Phi) is 2.60. The van der Waals surface area contributed by atoms with Gasteiger partial charge in [-0.05, 0) is 37.0 Å². The van der Waals surface area contributed by atoms with Crippen LogP contribution in [0.1, 0.15) is 36.6 Å². The highest BCUT2D eigenvalue weighted by molar-refractivity contribution is 5.82. The Hall–Kier alpha value is -1.41. The summed E-state index contributed by atoms with van der Waals surface area (Å²) in [5.41, 5.74) is 3.01. The topological polar surface area (TPSA) is 33.1 Å². The molecule has 0 aliphatic heterocycles. The molecule has 2 nitrogen and oxygen atoms in total. The molecule has 0 spiro atoms. The standard InChI is InChI=1S/C15H17NO/c1-10-8-14(15(17)9-11-6-7-11)16-13-5-3-2-4-12(10)13/h2-5,8,11,15,17H,6-7,9H2,1H3. The zero-order chi connectivity index (χ0) is 11.8. The van der Waals surface area contributed by atoms with Crippen molar-refractivity contribution in [1.82, 2.24) is 4.98 Å². The molecule has 1 heterocycles. The lowest BCUT2D eigenvalue weighted by molar-refractivity contribution is 0.156. The molecule has 17 heavy (non-hydrogen) atoms. The molecule has 0 saturated heterocycles. The first-order chi connectivity index (χ1) is 8.24. The van der Waals surface area contributed by atoms with Crippen molar-refractivity contribution in [2.24, 2.45) is 5.92 Å². The molecule has 1 unspecified atom stereocenters. The summed E-state index contributed by atoms with van der Waals surface area (Å²) < 4.78 is 0. The van der Waals surface area contributed by atoms with Crippen LogP contribution in [0.25, 0.3) is 10.9 Å². The van der Waals surface area contributed by atoms with Crippen molar-refractivity contribution in [1.29, 1.82) is 0 Å². The van der Waals surface area contributed by atoms with E-state index in [1.807, 2.05) is 24.3 Å². The van der Waals surface area contributed by atoms with Crippen LogP contribution in [0.2, 0.25) is 0 Å². The first kappa shape index (κ1) is 10.7. The molecular formula is C15H17NO. The summed E-state index contributed by atoms with van der Waals surface area (Å²) >= 11 is 0. The zero-order valence-electron chi connectivity index (χ0n) is 10.1. The minimum Gasteiger partial charge on any atom is -0.387 e. The number of aliphatic hydroxyl groups excluding tert-OH is 1. The van der Waals surface area contributed by atoms with Crippen LogP contribution in [-0.2, 0) is 0 Å². The van der Waals surface area contributed by atoms with Crippen LogP contribution in [0.5, 0.6) is 0 Å². The van der Waals surface area contributed by atoms with Crippen molar-refractivity contribution in [3.05, 3.63) is 41.6 Å². The van der Waals surface area contributed by atoms with Gasteiger partial charge in [0.25, 0.3) is 0 Å². The quantitative estimate of drug-likeness (QED) is 0.872. The van der Waals surface area contributed by atoms with Crippen LogP contribution < -0.4 is 0 Å². The molecule has 2 heteroatoms. The summed E-state index contributed by atoms with van der Waals surface area (Å²) in [7, 11) is 0. The summed E-state index contributed by atoms with van der Waals surface area (Å²) in [4.78, 5) is 4.57. The molecular weight excluding hydrogens is 210 g/mol. The van der Waals surface area contributed by atoms with Gasteiger partial charge >= 0.3 is 0 Å². The number of rotatable bonds is 3. The molecule has 0 amide bonds. The van der Waals surface area contributed by atoms with Crippen molar-refractivity contribution in [3.63, 3.8) is 0 Å². The molecule has 2 aromatic rings. The predicted octanol–water partition coefficient (Wildman–Crippen LogP) is 3.38. The lowest BCUT2D eigenvalue weighted by Gasteiger charge is -2.12. The van der Waals surface area contributed by atoms with Gasteiger partial charge in [0.2, 0.25) is 0 Å². The first-order valence-corrected chi connectivity index (χ1v) is 6.28. The molecule has 1 saturated carbocycles. The SMILES string of the molecule is Cc1cc(C(O)CC2CC2)nc2ccccc12. The lowest BCUT2D eigenvalue weighted by Crippen LogP contribution is -2.02. The van der Waals surface area contributed by atoms with Gasteiger partial charge in [0.1, 0.15) is 0 Å². The van der Waals surface area contributed by atoms with E-state index >= 15 is 0 Å². The maximum Gasteiger partial charge on any atom is 0.0962 e. The van der Waals surface area contributed by atoms with E-state index in [0.29, 0.717) is 0 Å². The van der Waals surface area contributed by atoms with Crippen LogP contribution in [0, 0.1) is 12.8 Å². The molecule has 1 fully saturated rings. The monoisotopic (exact) mass is 227 g/mol. The molecule has 3 rings (SSSR count). The summed E-state index contributed by atoms with van der Waals surface area (Å²) in [6, 6.07) is 10.1. The van der Waals surface area contributed by atoms with Gasteiger partial charge in [0.05, 0.1) is 17.3 Å². The molecule has 1 aromatic heterocycles. The Morgan fingerprint density at radius 1 is 1.35 bits per heavy atom. The van der Waals surface area contributed by atoms with Crippen LogP contribution in [-0.4, -0.2) is 10.1 Å². The average Bonchev–Trinajstić information content (AvgIpc) is 3.13. The zero-order valence-corrected chi connectivity index (χ0v) is 10.1. The second-order valence-electron chi connectivity index (χ2n) is 5.08. The van der Waals surface area contributed by atoms with Gasteiger partial charge in [0.15, 0.2) is 0 Å². The van der Waals surface area contributed by atoms with Gasteiger partial charge in [0, 0.05) is 5.39 Å². The van der Waals surface area contributed by atoms with E-state index in [0.717, 1.165) is 23.5 Å². The van der Waals surface area contributed by atoms with Gasteiger partial charge in [-0.15, -0.1) is 0 Å². The molecule has 1 aliphatic carbocycles. The smallest absolute Gasteiger partial charge is 0.0962 e. The number of aromatic nitrogens is 1. The number of benzene rings is 1. The maximum absolute atomic E-state index is 10.2. The van der Waals surface area contributed by atoms with Crippen molar-refractivity contribution in [2.45, 2.75) is 32.3 Å². The van der Waals surface area contributed by atoms with Crippen LogP contribution in [0.4, 0.5) is 0 Å². The molecule has 1 N–H and O–H groups in total. The van der Waals surface area contributed by atoms with Crippen molar-refractivity contribution < 1.29 is 5.11 Å². The van der Waals surface area contributed by atoms with Crippen molar-refractivity contribution in [3.8, 4) is 0 Å². The van der Waals surface area contributed by atoms with Crippen molar-refractivity contribution >= 4 is 10.9 Å². The summed E-state index contributed by atoms with van der Waals surface area (Å²) in [6.07, 6.45) is 3.00. The minimum atomic E-state index is -0.397. The van der Waals surface area contributed by atoms with Crippen molar-refractivity contribution in [2.75, 3.05) is 0 Å². The third-order valence-electron chi connectivity index (χ3n) is 3.54. The Bertz CT molecular complexity index is 546. The lowest BCUT2D eigenvalue weighted by atomic mass is 10.0. The van der Waals surface area contributed by atoms with Crippen LogP contribution in [0.3, 0.4) is 0 Å². The van der Waals surface area contributed by atoms with E-state index in [1.165, 1.54) is 23.8 Å². The fourth-order valence-electron chi connectivity index (χ4n) is 2.34. The maximum atomic E-state index is 10.2. The highest BCUT2D eigenvalue weighted by Gasteiger charge is 2.25. The second-order valence-corrected chi connectivity index (χ2v) is 5.08. The Balaban J connectivity index is 1.98. The van der Waals surface area contributed by atoms with Crippen LogP contribution >= 0.6 is 0 Å². The van der Waals surface area contributed by atoms with E-state index < -0.39 is 6.10 Å². The summed E-state index contributed by atoms with van der Waals surface area (Å²) in [6.45, 7) is 2.08. The fraction of sp³-hybridized carbons (Fsp3) is 0.400. The van der Waals surface area contributed by atoms with Gasteiger partial charge in [-0.2, -0.15) is 0 Å². The largest absolute Gasteiger partial charge is 0.387 e. The molecule has 1 atom stereocenters. The van der Waals surface area contributed by atoms with E-state index in [-0.39, 0.29) is 0 Å². The molecule has 88 valence electrons. The first-order valence-electron chi connectivity index (χ1n) is 6.28. The summed E-state index contributed by atoms with van der Waals surface area (Å²) in [5.74, 6) is 0.721. The number of fused-ring (bicyclic) bond motifs is 1. The molecule has 1 aliphatic rings. The summed E-state index contributed by atoms with van der Waals surface area (Å²) in [5, 5.41) is 11.3. The Morgan fingerprint density at radius 2 is 2.12 bits per heavy atom. The average molecular weight is 227 g/mol. The number of pyridine rings is 1. The number of para-hydroxylation sites is 1. The molecule has 0 radical (unpaired) electrons. The number of nitrogens with zero attached hydrogens (tertiary/aromatic N) is 1. The van der Waals surface area contributed by atoms with Crippen LogP contribution in [0.15, 0.2) is 30.3 Å². The van der Waals surface area contributed by atoms with Gasteiger partial charge in [-0.3, -0.25) is 4.98 Å². The third-order valence-corrected chi connectivity index (χ3v) is 3.54. The van der Waals surface area contributed by atoms with E-state index in [9.17, 15) is 5.11 Å². The highest BCUT2D eigenvalue weighted by Crippen LogP contribution is 2.37. The van der Waals surface area contributed by atoms with E-state index in [1.54, 1.807) is 0 Å². The number of hydrogen-bond acceptors (Lipinski definition) is 2. The Morgan fingerprint density at radius 3 is 2.88 bits per heavy atom. The van der Waals surface area contributed by atoms with Gasteiger partial charge in [-0.1, -0.05) is 31.0 Å².